The summed E-state index contributed by atoms with van der Waals surface area (Å²) >= 11 is 0. The molecule has 1 aliphatic heterocycles. The first-order valence-corrected chi connectivity index (χ1v) is 11.2. The van der Waals surface area contributed by atoms with Crippen molar-refractivity contribution < 1.29 is 31.5 Å². The molecule has 1 aliphatic rings. The van der Waals surface area contributed by atoms with Crippen LogP contribution in [0, 0.1) is 5.82 Å². The van der Waals surface area contributed by atoms with E-state index < -0.39 is 43.2 Å². The van der Waals surface area contributed by atoms with Crippen LogP contribution in [0.25, 0.3) is 27.7 Å². The molecule has 4 aromatic rings. The summed E-state index contributed by atoms with van der Waals surface area (Å²) in [7, 11) is 1.28. The van der Waals surface area contributed by atoms with Gasteiger partial charge in [-0.25, -0.2) is 31.1 Å². The molecule has 1 atom stereocenters. The van der Waals surface area contributed by atoms with Gasteiger partial charge in [0.05, 0.1) is 37.0 Å². The molecule has 37 heavy (non-hydrogen) atoms. The largest absolute Gasteiger partial charge is 0.479 e. The molecule has 1 aromatic carbocycles. The van der Waals surface area contributed by atoms with E-state index in [-0.39, 0.29) is 41.4 Å². The fourth-order valence-electron chi connectivity index (χ4n) is 4.43. The Morgan fingerprint density at radius 2 is 2.11 bits per heavy atom. The number of fused-ring (bicyclic) bond motifs is 2. The molecule has 3 aromatic heterocycles. The minimum absolute atomic E-state index is 0.0233. The molecule has 1 N–H and O–H groups in total. The highest BCUT2D eigenvalue weighted by atomic mass is 19.3. The summed E-state index contributed by atoms with van der Waals surface area (Å²) in [5.41, 5.74) is 1.05. The zero-order valence-corrected chi connectivity index (χ0v) is 19.6. The van der Waals surface area contributed by atoms with E-state index in [1.807, 2.05) is 0 Å². The van der Waals surface area contributed by atoms with Gasteiger partial charge in [-0.05, 0) is 24.1 Å². The number of hydrogen-bond acceptors (Lipinski definition) is 7. The normalized spacial score (nSPS) is 17.6. The van der Waals surface area contributed by atoms with Crippen molar-refractivity contribution in [1.29, 1.82) is 0 Å². The molecule has 1 amide bonds. The van der Waals surface area contributed by atoms with Gasteiger partial charge in [-0.3, -0.25) is 4.79 Å². The van der Waals surface area contributed by atoms with Gasteiger partial charge < -0.3 is 15.0 Å². The van der Waals surface area contributed by atoms with E-state index in [1.165, 1.54) is 32.2 Å². The molecule has 1 saturated heterocycles. The molecule has 0 unspecified atom stereocenters. The summed E-state index contributed by atoms with van der Waals surface area (Å²) in [4.78, 5) is 16.7. The molecule has 0 radical (unpaired) electrons. The van der Waals surface area contributed by atoms with Crippen LogP contribution in [-0.4, -0.2) is 79.0 Å². The van der Waals surface area contributed by atoms with E-state index in [2.05, 4.69) is 25.7 Å². The Labute approximate surface area is 206 Å². The number of carbonyl (C=O) groups excluding carboxylic acids is 1. The van der Waals surface area contributed by atoms with Gasteiger partial charge in [0.25, 0.3) is 12.3 Å². The topological polar surface area (TPSA) is 102 Å². The third kappa shape index (κ3) is 4.49. The minimum atomic E-state index is -3.26. The number of piperidine rings is 1. The highest BCUT2D eigenvalue weighted by Gasteiger charge is 2.46. The van der Waals surface area contributed by atoms with Crippen LogP contribution in [0.3, 0.4) is 0 Å². The number of benzene rings is 1. The Bertz CT molecular complexity index is 1490. The zero-order chi connectivity index (χ0) is 26.5. The van der Waals surface area contributed by atoms with Crippen LogP contribution in [0.5, 0.6) is 5.88 Å². The first-order chi connectivity index (χ1) is 17.6. The van der Waals surface area contributed by atoms with E-state index in [0.29, 0.717) is 11.1 Å². The summed E-state index contributed by atoms with van der Waals surface area (Å²) in [5, 5.41) is 14.3. The summed E-state index contributed by atoms with van der Waals surface area (Å²) in [6.45, 7) is -0.0773. The van der Waals surface area contributed by atoms with Crippen molar-refractivity contribution in [2.45, 2.75) is 38.3 Å². The number of aromatic nitrogens is 6. The van der Waals surface area contributed by atoms with Gasteiger partial charge in [-0.2, -0.15) is 4.98 Å². The number of nitrogens with one attached hydrogen (secondary N) is 1. The molecule has 0 saturated carbocycles. The Morgan fingerprint density at radius 1 is 1.32 bits per heavy atom. The number of rotatable bonds is 6. The predicted molar refractivity (Wildman–Crippen MR) is 121 cm³/mol. The molecule has 5 rings (SSSR count). The first kappa shape index (κ1) is 24.6. The van der Waals surface area contributed by atoms with Crippen LogP contribution in [0.2, 0.25) is 0 Å². The second-order valence-corrected chi connectivity index (χ2v) is 8.64. The Balaban J connectivity index is 1.52. The van der Waals surface area contributed by atoms with Crippen molar-refractivity contribution >= 4 is 28.4 Å². The number of anilines is 1. The molecule has 10 nitrogen and oxygen atoms in total. The van der Waals surface area contributed by atoms with Crippen molar-refractivity contribution in [3.63, 3.8) is 0 Å². The average Bonchev–Trinajstić information content (AvgIpc) is 3.38. The van der Waals surface area contributed by atoms with Crippen LogP contribution in [0.4, 0.5) is 27.9 Å². The Kier molecular flexibility index (Phi) is 6.07. The maximum Gasteiger partial charge on any atom is 0.285 e. The second-order valence-electron chi connectivity index (χ2n) is 8.64. The molecular weight excluding hydrogens is 503 g/mol. The molecule has 0 spiro atoms. The van der Waals surface area contributed by atoms with Crippen LogP contribution < -0.4 is 10.1 Å². The number of alkyl halides is 4. The van der Waals surface area contributed by atoms with Crippen molar-refractivity contribution in [2.75, 3.05) is 25.5 Å². The molecule has 0 aliphatic carbocycles. The van der Waals surface area contributed by atoms with Crippen LogP contribution >= 0.6 is 0 Å². The van der Waals surface area contributed by atoms with Crippen LogP contribution in [0.15, 0.2) is 24.4 Å². The number of methoxy groups -OCH3 is 1. The summed E-state index contributed by atoms with van der Waals surface area (Å²) < 4.78 is 77.9. The van der Waals surface area contributed by atoms with Gasteiger partial charge in [0.15, 0.2) is 5.82 Å². The molecular formula is C22H21F5N8O2. The molecule has 0 bridgehead atoms. The highest BCUT2D eigenvalue weighted by Crippen LogP contribution is 2.36. The van der Waals surface area contributed by atoms with Gasteiger partial charge in [-0.1, -0.05) is 11.3 Å². The van der Waals surface area contributed by atoms with E-state index >= 15 is 4.39 Å². The summed E-state index contributed by atoms with van der Waals surface area (Å²) in [6.07, 6.45) is -1.68. The van der Waals surface area contributed by atoms with E-state index in [4.69, 9.17) is 4.74 Å². The quantitative estimate of drug-likeness (QED) is 0.387. The summed E-state index contributed by atoms with van der Waals surface area (Å²) in [6, 6.07) is 3.15. The number of hydrogen-bond donors (Lipinski definition) is 1. The van der Waals surface area contributed by atoms with E-state index in [1.54, 1.807) is 0 Å². The monoisotopic (exact) mass is 524 g/mol. The molecule has 1 fully saturated rings. The number of amides is 1. The number of carbonyl (C=O) groups is 1. The summed E-state index contributed by atoms with van der Waals surface area (Å²) in [5.74, 6) is -4.74. The standard InChI is InChI=1S/C22H21F5N8O2/c1-11(36)33-6-5-16(22(26,27)10-33)28-21-29-20(37-2)19-18(13(23)8-35(19)31-21)12-3-4-14-15(7-12)34(32-30-14)9-17(24)25/h3-4,7-8,16-17H,5-6,9-10H2,1-2H3,(H,28,31)/t16-/m1/s1. The first-order valence-electron chi connectivity index (χ1n) is 11.2. The SMILES string of the molecule is COc1nc(N[C@@H]2CCN(C(C)=O)CC2(F)F)nn2cc(F)c(-c3ccc4nnn(CC(F)F)c4c3)c12. The van der Waals surface area contributed by atoms with Gasteiger partial charge in [0, 0.05) is 13.5 Å². The number of likely N-dealkylation sites (tertiary alicyclic amines) is 1. The van der Waals surface area contributed by atoms with Crippen LogP contribution in [0.1, 0.15) is 13.3 Å². The van der Waals surface area contributed by atoms with Gasteiger partial charge in [-0.15, -0.1) is 10.2 Å². The lowest BCUT2D eigenvalue weighted by atomic mass is 10.0. The van der Waals surface area contributed by atoms with E-state index in [9.17, 15) is 22.4 Å². The fraction of sp³-hybridized carbons (Fsp3) is 0.409. The van der Waals surface area contributed by atoms with Crippen molar-refractivity contribution in [1.82, 2.24) is 34.5 Å². The minimum Gasteiger partial charge on any atom is -0.479 e. The Hall–Kier alpha value is -4.04. The van der Waals surface area contributed by atoms with Crippen molar-refractivity contribution in [3.8, 4) is 17.0 Å². The fourth-order valence-corrected chi connectivity index (χ4v) is 4.43. The molecule has 15 heteroatoms. The van der Waals surface area contributed by atoms with Crippen molar-refractivity contribution in [2.24, 2.45) is 0 Å². The highest BCUT2D eigenvalue weighted by molar-refractivity contribution is 5.89. The average molecular weight is 524 g/mol. The lowest BCUT2D eigenvalue weighted by Gasteiger charge is -2.38. The second kappa shape index (κ2) is 9.12. The smallest absolute Gasteiger partial charge is 0.285 e. The van der Waals surface area contributed by atoms with E-state index in [0.717, 1.165) is 20.3 Å². The number of nitrogens with zero attached hydrogens (tertiary/aromatic N) is 7. The Morgan fingerprint density at radius 3 is 2.78 bits per heavy atom. The van der Waals surface area contributed by atoms with Gasteiger partial charge in [0.1, 0.15) is 17.6 Å². The zero-order valence-electron chi connectivity index (χ0n) is 19.6. The third-order valence-electron chi connectivity index (χ3n) is 6.21. The molecule has 4 heterocycles. The lowest BCUT2D eigenvalue weighted by molar-refractivity contribution is -0.140. The number of ether oxygens (including phenoxy) is 1. The maximum absolute atomic E-state index is 15.2. The van der Waals surface area contributed by atoms with Crippen molar-refractivity contribution in [3.05, 3.63) is 30.2 Å². The lowest BCUT2D eigenvalue weighted by Crippen LogP contribution is -2.55. The molecule has 196 valence electrons. The van der Waals surface area contributed by atoms with Gasteiger partial charge >= 0.3 is 0 Å². The van der Waals surface area contributed by atoms with Crippen LogP contribution in [-0.2, 0) is 11.3 Å². The van der Waals surface area contributed by atoms with Gasteiger partial charge in [0.2, 0.25) is 17.7 Å². The predicted octanol–water partition coefficient (Wildman–Crippen LogP) is 3.22. The number of halogens is 5. The third-order valence-corrected chi connectivity index (χ3v) is 6.21. The maximum atomic E-state index is 15.2.